The zero-order chi connectivity index (χ0) is 15.4. The zero-order valence-corrected chi connectivity index (χ0v) is 11.4. The van der Waals surface area contributed by atoms with Crippen molar-refractivity contribution in [3.8, 4) is 5.75 Å². The Hall–Kier alpha value is -2.60. The summed E-state index contributed by atoms with van der Waals surface area (Å²) in [6.45, 7) is 0.00356. The van der Waals surface area contributed by atoms with Crippen molar-refractivity contribution in [1.82, 2.24) is 0 Å². The van der Waals surface area contributed by atoms with E-state index >= 15 is 0 Å². The molecule has 0 saturated carbocycles. The number of carboxylic acid groups (broad SMARTS) is 1. The van der Waals surface area contributed by atoms with Crippen molar-refractivity contribution >= 4 is 23.3 Å². The molecule has 7 heteroatoms. The minimum Gasteiger partial charge on any atom is -0.482 e. The van der Waals surface area contributed by atoms with Crippen molar-refractivity contribution in [3.63, 3.8) is 0 Å². The van der Waals surface area contributed by atoms with Crippen LogP contribution in [0.3, 0.4) is 0 Å². The van der Waals surface area contributed by atoms with Crippen molar-refractivity contribution in [2.75, 3.05) is 0 Å². The number of carbonyl (C=O) groups is 1. The first-order chi connectivity index (χ1) is 10.0. The maximum Gasteiger partial charge on any atom is 0.342 e. The third kappa shape index (κ3) is 3.29. The average Bonchev–Trinajstić information content (AvgIpc) is 2.45. The summed E-state index contributed by atoms with van der Waals surface area (Å²) in [4.78, 5) is 21.3. The van der Waals surface area contributed by atoms with E-state index in [1.54, 1.807) is 24.3 Å². The van der Waals surface area contributed by atoms with E-state index in [2.05, 4.69) is 0 Å². The standard InChI is InChI=1S/C14H10ClNO5/c15-11-6-2-1-4-9(11)8-21-12-7-3-5-10(14(17)18)13(12)16(19)20/h1-7H,8H2,(H,17,18). The quantitative estimate of drug-likeness (QED) is 0.674. The lowest BCUT2D eigenvalue weighted by molar-refractivity contribution is -0.386. The van der Waals surface area contributed by atoms with Gasteiger partial charge in [-0.25, -0.2) is 4.79 Å². The van der Waals surface area contributed by atoms with Gasteiger partial charge in [0, 0.05) is 10.6 Å². The molecule has 1 N–H and O–H groups in total. The number of nitro benzene ring substituents is 1. The maximum absolute atomic E-state index is 11.1. The summed E-state index contributed by atoms with van der Waals surface area (Å²) < 4.78 is 5.37. The van der Waals surface area contributed by atoms with Crippen LogP contribution in [0.2, 0.25) is 5.02 Å². The summed E-state index contributed by atoms with van der Waals surface area (Å²) in [7, 11) is 0. The van der Waals surface area contributed by atoms with Gasteiger partial charge in [-0.05, 0) is 18.2 Å². The number of halogens is 1. The molecule has 0 saturated heterocycles. The predicted molar refractivity (Wildman–Crippen MR) is 75.8 cm³/mol. The molecule has 2 aromatic rings. The first-order valence-corrected chi connectivity index (χ1v) is 6.25. The molecule has 0 unspecified atom stereocenters. The van der Waals surface area contributed by atoms with Crippen LogP contribution in [-0.2, 0) is 6.61 Å². The summed E-state index contributed by atoms with van der Waals surface area (Å²) in [6, 6.07) is 10.8. The smallest absolute Gasteiger partial charge is 0.342 e. The summed E-state index contributed by atoms with van der Waals surface area (Å²) in [5, 5.41) is 20.5. The number of rotatable bonds is 5. The normalized spacial score (nSPS) is 10.1. The van der Waals surface area contributed by atoms with E-state index in [0.717, 1.165) is 6.07 Å². The number of aromatic carboxylic acids is 1. The molecule has 0 bridgehead atoms. The SMILES string of the molecule is O=C(O)c1cccc(OCc2ccccc2Cl)c1[N+](=O)[O-]. The molecule has 0 aliphatic heterocycles. The molecule has 0 atom stereocenters. The molecule has 0 spiro atoms. The van der Waals surface area contributed by atoms with Crippen LogP contribution < -0.4 is 4.74 Å². The highest BCUT2D eigenvalue weighted by atomic mass is 35.5. The van der Waals surface area contributed by atoms with Gasteiger partial charge in [-0.1, -0.05) is 35.9 Å². The molecule has 0 fully saturated rings. The molecule has 0 amide bonds. The molecule has 0 radical (unpaired) electrons. The number of hydrogen-bond acceptors (Lipinski definition) is 4. The number of carboxylic acids is 1. The fourth-order valence-electron chi connectivity index (χ4n) is 1.77. The molecular weight excluding hydrogens is 298 g/mol. The molecule has 0 aliphatic rings. The highest BCUT2D eigenvalue weighted by Crippen LogP contribution is 2.31. The molecule has 6 nitrogen and oxygen atoms in total. The highest BCUT2D eigenvalue weighted by molar-refractivity contribution is 6.31. The van der Waals surface area contributed by atoms with Gasteiger partial charge in [-0.2, -0.15) is 0 Å². The summed E-state index contributed by atoms with van der Waals surface area (Å²) in [5.74, 6) is -1.50. The Morgan fingerprint density at radius 2 is 1.95 bits per heavy atom. The van der Waals surface area contributed by atoms with Crippen LogP contribution in [0.5, 0.6) is 5.75 Å². The van der Waals surface area contributed by atoms with Gasteiger partial charge in [0.25, 0.3) is 0 Å². The van der Waals surface area contributed by atoms with Crippen molar-refractivity contribution < 1.29 is 19.6 Å². The monoisotopic (exact) mass is 307 g/mol. The number of nitro groups is 1. The predicted octanol–water partition coefficient (Wildman–Crippen LogP) is 3.53. The van der Waals surface area contributed by atoms with Crippen molar-refractivity contribution in [3.05, 3.63) is 68.7 Å². The minimum atomic E-state index is -1.38. The lowest BCUT2D eigenvalue weighted by Crippen LogP contribution is -2.06. The Morgan fingerprint density at radius 3 is 2.57 bits per heavy atom. The van der Waals surface area contributed by atoms with E-state index in [0.29, 0.717) is 10.6 Å². The Morgan fingerprint density at radius 1 is 1.24 bits per heavy atom. The molecule has 2 rings (SSSR count). The second-order valence-corrected chi connectivity index (χ2v) is 4.50. The largest absolute Gasteiger partial charge is 0.482 e. The van der Waals surface area contributed by atoms with E-state index in [9.17, 15) is 14.9 Å². The summed E-state index contributed by atoms with van der Waals surface area (Å²) >= 11 is 5.97. The van der Waals surface area contributed by atoms with E-state index in [1.165, 1.54) is 12.1 Å². The first-order valence-electron chi connectivity index (χ1n) is 5.87. The summed E-state index contributed by atoms with van der Waals surface area (Å²) in [6.07, 6.45) is 0. The summed E-state index contributed by atoms with van der Waals surface area (Å²) in [5.41, 5.74) is -0.345. The first kappa shape index (κ1) is 14.8. The Balaban J connectivity index is 2.32. The number of ether oxygens (including phenoxy) is 1. The van der Waals surface area contributed by atoms with Gasteiger partial charge in [0.15, 0.2) is 5.75 Å². The van der Waals surface area contributed by atoms with Gasteiger partial charge in [0.2, 0.25) is 0 Å². The van der Waals surface area contributed by atoms with Crippen molar-refractivity contribution in [2.24, 2.45) is 0 Å². The number of nitrogens with zero attached hydrogens (tertiary/aromatic N) is 1. The van der Waals surface area contributed by atoms with Crippen LogP contribution in [0, 0.1) is 10.1 Å². The van der Waals surface area contributed by atoms with Crippen LogP contribution in [0.1, 0.15) is 15.9 Å². The van der Waals surface area contributed by atoms with Crippen LogP contribution in [0.4, 0.5) is 5.69 Å². The van der Waals surface area contributed by atoms with Crippen molar-refractivity contribution in [2.45, 2.75) is 6.61 Å². The molecule has 2 aromatic carbocycles. The van der Waals surface area contributed by atoms with E-state index in [4.69, 9.17) is 21.4 Å². The molecular formula is C14H10ClNO5. The topological polar surface area (TPSA) is 89.7 Å². The fraction of sp³-hybridized carbons (Fsp3) is 0.0714. The Kier molecular flexibility index (Phi) is 4.39. The second-order valence-electron chi connectivity index (χ2n) is 4.09. The van der Waals surface area contributed by atoms with Gasteiger partial charge in [-0.15, -0.1) is 0 Å². The Bertz CT molecular complexity index is 702. The number of benzene rings is 2. The van der Waals surface area contributed by atoms with Gasteiger partial charge >= 0.3 is 11.7 Å². The Labute approximate surface area is 124 Å². The van der Waals surface area contributed by atoms with Crippen LogP contribution in [-0.4, -0.2) is 16.0 Å². The molecule has 21 heavy (non-hydrogen) atoms. The molecule has 0 aliphatic carbocycles. The van der Waals surface area contributed by atoms with E-state index < -0.39 is 22.1 Å². The third-order valence-corrected chi connectivity index (χ3v) is 3.12. The minimum absolute atomic E-state index is 0.00356. The maximum atomic E-state index is 11.1. The lowest BCUT2D eigenvalue weighted by atomic mass is 10.1. The van der Waals surface area contributed by atoms with Crippen molar-refractivity contribution in [1.29, 1.82) is 0 Å². The van der Waals surface area contributed by atoms with Gasteiger partial charge in [0.05, 0.1) is 4.92 Å². The third-order valence-electron chi connectivity index (χ3n) is 2.75. The highest BCUT2D eigenvalue weighted by Gasteiger charge is 2.25. The fourth-order valence-corrected chi connectivity index (χ4v) is 1.96. The number of para-hydroxylation sites is 1. The average molecular weight is 308 g/mol. The van der Waals surface area contributed by atoms with Crippen LogP contribution >= 0.6 is 11.6 Å². The molecule has 0 aromatic heterocycles. The van der Waals surface area contributed by atoms with Crippen LogP contribution in [0.25, 0.3) is 0 Å². The molecule has 108 valence electrons. The number of hydrogen-bond donors (Lipinski definition) is 1. The van der Waals surface area contributed by atoms with E-state index in [1.807, 2.05) is 0 Å². The van der Waals surface area contributed by atoms with E-state index in [-0.39, 0.29) is 12.4 Å². The van der Waals surface area contributed by atoms with Gasteiger partial charge < -0.3 is 9.84 Å². The van der Waals surface area contributed by atoms with Crippen LogP contribution in [0.15, 0.2) is 42.5 Å². The second kappa shape index (κ2) is 6.23. The molecule has 0 heterocycles. The van der Waals surface area contributed by atoms with Gasteiger partial charge in [0.1, 0.15) is 12.2 Å². The lowest BCUT2D eigenvalue weighted by Gasteiger charge is -2.09. The van der Waals surface area contributed by atoms with Gasteiger partial charge in [-0.3, -0.25) is 10.1 Å². The zero-order valence-electron chi connectivity index (χ0n) is 10.7.